The summed E-state index contributed by atoms with van der Waals surface area (Å²) < 4.78 is 23.8. The number of likely N-dealkylation sites (tertiary alicyclic amines) is 1. The monoisotopic (exact) mass is 528 g/mol. The Labute approximate surface area is 194 Å². The molecular formula is C22H30FIN4O2. The van der Waals surface area contributed by atoms with E-state index >= 15 is 0 Å². The third-order valence-electron chi connectivity index (χ3n) is 5.03. The van der Waals surface area contributed by atoms with Gasteiger partial charge in [0, 0.05) is 45.3 Å². The standard InChI is InChI=1S/C22H29FN4O2.HI/c1-24-22(25-13-16-4-6-18(23)7-5-16)26-19-8-9-27(15-19)14-17-10-20(28-2)12-21(11-17)29-3;/h4-7,10-12,19H,8-9,13-15H2,1-3H3,(H2,24,25,26);1H. The van der Waals surface area contributed by atoms with E-state index in [2.05, 4.69) is 20.5 Å². The number of nitrogens with zero attached hydrogens (tertiary/aromatic N) is 2. The third kappa shape index (κ3) is 7.02. The van der Waals surface area contributed by atoms with E-state index in [-0.39, 0.29) is 29.8 Å². The smallest absolute Gasteiger partial charge is 0.191 e. The number of benzene rings is 2. The summed E-state index contributed by atoms with van der Waals surface area (Å²) in [4.78, 5) is 6.71. The van der Waals surface area contributed by atoms with Gasteiger partial charge in [-0.05, 0) is 41.8 Å². The summed E-state index contributed by atoms with van der Waals surface area (Å²) in [6.45, 7) is 3.37. The fraction of sp³-hybridized carbons (Fsp3) is 0.409. The summed E-state index contributed by atoms with van der Waals surface area (Å²) in [5, 5.41) is 6.77. The lowest BCUT2D eigenvalue weighted by Crippen LogP contribution is -2.44. The van der Waals surface area contributed by atoms with Crippen LogP contribution in [0.25, 0.3) is 0 Å². The van der Waals surface area contributed by atoms with Gasteiger partial charge >= 0.3 is 0 Å². The second-order valence-electron chi connectivity index (χ2n) is 7.14. The molecule has 2 aromatic rings. The number of halogens is 2. The molecule has 0 bridgehead atoms. The molecule has 1 heterocycles. The summed E-state index contributed by atoms with van der Waals surface area (Å²) >= 11 is 0. The number of nitrogens with one attached hydrogen (secondary N) is 2. The highest BCUT2D eigenvalue weighted by atomic mass is 127. The van der Waals surface area contributed by atoms with Gasteiger partial charge in [-0.25, -0.2) is 4.39 Å². The Morgan fingerprint density at radius 2 is 1.77 bits per heavy atom. The number of hydrogen-bond acceptors (Lipinski definition) is 4. The fourth-order valence-corrected chi connectivity index (χ4v) is 3.49. The van der Waals surface area contributed by atoms with Crippen LogP contribution in [0, 0.1) is 5.82 Å². The molecule has 0 aliphatic carbocycles. The van der Waals surface area contributed by atoms with Gasteiger partial charge in [0.1, 0.15) is 17.3 Å². The summed E-state index contributed by atoms with van der Waals surface area (Å²) in [5.74, 6) is 2.14. The SMILES string of the molecule is CN=C(NCc1ccc(F)cc1)NC1CCN(Cc2cc(OC)cc(OC)c2)C1.I. The Balaban J connectivity index is 0.00000320. The number of ether oxygens (including phenoxy) is 2. The van der Waals surface area contributed by atoms with E-state index in [1.54, 1.807) is 33.4 Å². The van der Waals surface area contributed by atoms with Crippen molar-refractivity contribution in [3.8, 4) is 11.5 Å². The molecule has 1 aliphatic rings. The van der Waals surface area contributed by atoms with Crippen LogP contribution in [0.2, 0.25) is 0 Å². The molecule has 1 aliphatic heterocycles. The van der Waals surface area contributed by atoms with Crippen molar-refractivity contribution in [2.45, 2.75) is 25.6 Å². The van der Waals surface area contributed by atoms with Crippen molar-refractivity contribution in [1.82, 2.24) is 15.5 Å². The Kier molecular flexibility index (Phi) is 9.64. The Morgan fingerprint density at radius 3 is 2.37 bits per heavy atom. The van der Waals surface area contributed by atoms with Crippen molar-refractivity contribution >= 4 is 29.9 Å². The molecule has 0 spiro atoms. The zero-order chi connectivity index (χ0) is 20.6. The molecule has 1 saturated heterocycles. The van der Waals surface area contributed by atoms with Gasteiger partial charge in [0.05, 0.1) is 14.2 Å². The van der Waals surface area contributed by atoms with E-state index in [0.717, 1.165) is 49.1 Å². The minimum absolute atomic E-state index is 0. The van der Waals surface area contributed by atoms with Crippen LogP contribution in [0.5, 0.6) is 11.5 Å². The second kappa shape index (κ2) is 11.9. The van der Waals surface area contributed by atoms with E-state index in [4.69, 9.17) is 9.47 Å². The van der Waals surface area contributed by atoms with Crippen molar-refractivity contribution in [1.29, 1.82) is 0 Å². The molecule has 1 unspecified atom stereocenters. The number of aliphatic imine (C=N–C) groups is 1. The Bertz CT molecular complexity index is 810. The van der Waals surface area contributed by atoms with E-state index < -0.39 is 0 Å². The van der Waals surface area contributed by atoms with Gasteiger partial charge in [0.15, 0.2) is 5.96 Å². The van der Waals surface area contributed by atoms with Gasteiger partial charge in [-0.3, -0.25) is 9.89 Å². The normalized spacial score (nSPS) is 16.7. The van der Waals surface area contributed by atoms with Crippen molar-refractivity contribution in [2.24, 2.45) is 4.99 Å². The van der Waals surface area contributed by atoms with Crippen LogP contribution in [-0.4, -0.2) is 51.3 Å². The molecule has 1 atom stereocenters. The minimum Gasteiger partial charge on any atom is -0.497 e. The maximum absolute atomic E-state index is 13.0. The average Bonchev–Trinajstić information content (AvgIpc) is 3.18. The molecule has 0 aromatic heterocycles. The molecule has 164 valence electrons. The highest BCUT2D eigenvalue weighted by Crippen LogP contribution is 2.24. The molecule has 0 radical (unpaired) electrons. The van der Waals surface area contributed by atoms with E-state index in [9.17, 15) is 4.39 Å². The lowest BCUT2D eigenvalue weighted by atomic mass is 10.2. The van der Waals surface area contributed by atoms with E-state index in [1.807, 2.05) is 18.2 Å². The van der Waals surface area contributed by atoms with Crippen molar-refractivity contribution in [2.75, 3.05) is 34.4 Å². The van der Waals surface area contributed by atoms with Crippen LogP contribution in [0.15, 0.2) is 47.5 Å². The number of rotatable bonds is 7. The Hall–Kier alpha value is -2.07. The minimum atomic E-state index is -0.226. The zero-order valence-electron chi connectivity index (χ0n) is 17.7. The molecule has 6 nitrogen and oxygen atoms in total. The van der Waals surface area contributed by atoms with Crippen LogP contribution in [0.3, 0.4) is 0 Å². The van der Waals surface area contributed by atoms with Crippen molar-refractivity contribution in [3.63, 3.8) is 0 Å². The number of hydrogen-bond donors (Lipinski definition) is 2. The van der Waals surface area contributed by atoms with E-state index in [1.165, 1.54) is 17.7 Å². The van der Waals surface area contributed by atoms with Gasteiger partial charge in [-0.2, -0.15) is 0 Å². The van der Waals surface area contributed by atoms with Crippen LogP contribution in [0.1, 0.15) is 17.5 Å². The highest BCUT2D eigenvalue weighted by Gasteiger charge is 2.23. The summed E-state index contributed by atoms with van der Waals surface area (Å²) in [5.41, 5.74) is 2.18. The number of methoxy groups -OCH3 is 2. The lowest BCUT2D eigenvalue weighted by Gasteiger charge is -2.19. The fourth-order valence-electron chi connectivity index (χ4n) is 3.49. The van der Waals surface area contributed by atoms with Crippen LogP contribution in [0.4, 0.5) is 4.39 Å². The highest BCUT2D eigenvalue weighted by molar-refractivity contribution is 14.0. The summed E-state index contributed by atoms with van der Waals surface area (Å²) in [6.07, 6.45) is 1.04. The first-order valence-corrected chi connectivity index (χ1v) is 9.75. The summed E-state index contributed by atoms with van der Waals surface area (Å²) in [7, 11) is 5.09. The predicted molar refractivity (Wildman–Crippen MR) is 128 cm³/mol. The quantitative estimate of drug-likeness (QED) is 0.328. The number of guanidine groups is 1. The largest absolute Gasteiger partial charge is 0.497 e. The van der Waals surface area contributed by atoms with Gasteiger partial charge in [0.25, 0.3) is 0 Å². The zero-order valence-corrected chi connectivity index (χ0v) is 20.0. The van der Waals surface area contributed by atoms with Crippen LogP contribution >= 0.6 is 24.0 Å². The molecule has 2 N–H and O–H groups in total. The first-order chi connectivity index (χ1) is 14.1. The molecule has 2 aromatic carbocycles. The predicted octanol–water partition coefficient (Wildman–Crippen LogP) is 3.40. The van der Waals surface area contributed by atoms with Crippen molar-refractivity contribution < 1.29 is 13.9 Å². The molecule has 30 heavy (non-hydrogen) atoms. The van der Waals surface area contributed by atoms with Gasteiger partial charge in [-0.15, -0.1) is 24.0 Å². The average molecular weight is 528 g/mol. The Morgan fingerprint density at radius 1 is 1.10 bits per heavy atom. The third-order valence-corrected chi connectivity index (χ3v) is 5.03. The van der Waals surface area contributed by atoms with Gasteiger partial charge in [0.2, 0.25) is 0 Å². The topological polar surface area (TPSA) is 58.1 Å². The van der Waals surface area contributed by atoms with Crippen LogP contribution < -0.4 is 20.1 Å². The van der Waals surface area contributed by atoms with Crippen molar-refractivity contribution in [3.05, 3.63) is 59.4 Å². The summed E-state index contributed by atoms with van der Waals surface area (Å²) in [6, 6.07) is 12.8. The maximum Gasteiger partial charge on any atom is 0.191 e. The molecule has 3 rings (SSSR count). The van der Waals surface area contributed by atoms with E-state index in [0.29, 0.717) is 12.6 Å². The molecular weight excluding hydrogens is 498 g/mol. The lowest BCUT2D eigenvalue weighted by molar-refractivity contribution is 0.321. The first-order valence-electron chi connectivity index (χ1n) is 9.75. The molecule has 8 heteroatoms. The van der Waals surface area contributed by atoms with Gasteiger partial charge < -0.3 is 20.1 Å². The van der Waals surface area contributed by atoms with Gasteiger partial charge in [-0.1, -0.05) is 12.1 Å². The molecule has 0 amide bonds. The molecule has 1 fully saturated rings. The van der Waals surface area contributed by atoms with Crippen LogP contribution in [-0.2, 0) is 13.1 Å². The first kappa shape index (κ1) is 24.2. The second-order valence-corrected chi connectivity index (χ2v) is 7.14. The maximum atomic E-state index is 13.0. The molecule has 0 saturated carbocycles.